The highest BCUT2D eigenvalue weighted by atomic mass is 16.2. The van der Waals surface area contributed by atoms with Crippen molar-refractivity contribution in [3.05, 3.63) is 59.3 Å². The van der Waals surface area contributed by atoms with Gasteiger partial charge in [-0.1, -0.05) is 38.1 Å². The lowest BCUT2D eigenvalue weighted by Gasteiger charge is -2.30. The molecular formula is C20H21N3O. The van der Waals surface area contributed by atoms with Gasteiger partial charge in [0.25, 0.3) is 5.91 Å². The number of aromatic amines is 1. The van der Waals surface area contributed by atoms with Gasteiger partial charge in [0, 0.05) is 17.6 Å². The van der Waals surface area contributed by atoms with E-state index in [1.807, 2.05) is 23.1 Å². The van der Waals surface area contributed by atoms with Crippen LogP contribution in [0.3, 0.4) is 0 Å². The molecule has 0 aliphatic carbocycles. The normalized spacial score (nSPS) is 14.2. The molecule has 0 fully saturated rings. The highest BCUT2D eigenvalue weighted by Gasteiger charge is 2.25. The molecule has 2 heterocycles. The number of carbonyl (C=O) groups excluding carboxylic acids is 1. The molecule has 4 nitrogen and oxygen atoms in total. The molecule has 1 N–H and O–H groups in total. The summed E-state index contributed by atoms with van der Waals surface area (Å²) in [6.07, 6.45) is 3.79. The van der Waals surface area contributed by atoms with Crippen molar-refractivity contribution in [3.8, 4) is 0 Å². The number of amides is 1. The Kier molecular flexibility index (Phi) is 3.60. The van der Waals surface area contributed by atoms with Gasteiger partial charge in [-0.2, -0.15) is 5.10 Å². The Morgan fingerprint density at radius 1 is 1.25 bits per heavy atom. The van der Waals surface area contributed by atoms with Crippen molar-refractivity contribution in [1.29, 1.82) is 0 Å². The lowest BCUT2D eigenvalue weighted by atomic mass is 9.94. The Bertz CT molecular complexity index is 910. The molecule has 0 atom stereocenters. The fourth-order valence-corrected chi connectivity index (χ4v) is 3.48. The molecule has 1 aromatic heterocycles. The van der Waals surface area contributed by atoms with E-state index in [1.165, 1.54) is 11.1 Å². The number of hydrogen-bond acceptors (Lipinski definition) is 2. The van der Waals surface area contributed by atoms with Crippen molar-refractivity contribution in [2.45, 2.75) is 32.6 Å². The molecule has 0 unspecified atom stereocenters. The lowest BCUT2D eigenvalue weighted by molar-refractivity contribution is 0.0986. The van der Waals surface area contributed by atoms with Gasteiger partial charge in [0.1, 0.15) is 0 Å². The Balaban J connectivity index is 1.76. The van der Waals surface area contributed by atoms with Crippen LogP contribution in [0.25, 0.3) is 10.9 Å². The van der Waals surface area contributed by atoms with Crippen molar-refractivity contribution < 1.29 is 4.79 Å². The summed E-state index contributed by atoms with van der Waals surface area (Å²) < 4.78 is 0. The van der Waals surface area contributed by atoms with Gasteiger partial charge in [0.15, 0.2) is 0 Å². The molecule has 1 aliphatic rings. The first-order chi connectivity index (χ1) is 11.6. The van der Waals surface area contributed by atoms with Gasteiger partial charge in [-0.25, -0.2) is 0 Å². The molecule has 3 aromatic rings. The molecule has 1 aliphatic heterocycles. The van der Waals surface area contributed by atoms with E-state index in [0.29, 0.717) is 11.5 Å². The van der Waals surface area contributed by atoms with Gasteiger partial charge >= 0.3 is 0 Å². The summed E-state index contributed by atoms with van der Waals surface area (Å²) >= 11 is 0. The van der Waals surface area contributed by atoms with Crippen LogP contribution in [-0.2, 0) is 6.42 Å². The largest absolute Gasteiger partial charge is 0.308 e. The standard InChI is InChI=1S/C20H21N3O/c1-13(2)14-8-9-18-15(11-14)6-4-10-23(18)20(24)17-7-3-5-16-12-21-22-19(16)17/h3,5,7-9,11-13H,4,6,10H2,1-2H3,(H,21,22). The van der Waals surface area contributed by atoms with Crippen molar-refractivity contribution >= 4 is 22.5 Å². The van der Waals surface area contributed by atoms with Gasteiger partial charge in [-0.05, 0) is 42.0 Å². The quantitative estimate of drug-likeness (QED) is 0.766. The SMILES string of the molecule is CC(C)c1ccc2c(c1)CCCN2C(=O)c1cccc2cn[nH]c12. The highest BCUT2D eigenvalue weighted by Crippen LogP contribution is 2.32. The molecule has 0 saturated heterocycles. The van der Waals surface area contributed by atoms with E-state index >= 15 is 0 Å². The number of para-hydroxylation sites is 1. The monoisotopic (exact) mass is 319 g/mol. The second-order valence-corrected chi connectivity index (χ2v) is 6.74. The van der Waals surface area contributed by atoms with Gasteiger partial charge in [0.2, 0.25) is 0 Å². The predicted octanol–water partition coefficient (Wildman–Crippen LogP) is 4.28. The number of carbonyl (C=O) groups is 1. The molecular weight excluding hydrogens is 298 g/mol. The van der Waals surface area contributed by atoms with Crippen molar-refractivity contribution in [1.82, 2.24) is 10.2 Å². The number of benzene rings is 2. The molecule has 24 heavy (non-hydrogen) atoms. The zero-order valence-corrected chi connectivity index (χ0v) is 14.0. The molecule has 0 radical (unpaired) electrons. The first kappa shape index (κ1) is 14.9. The third-order valence-corrected chi connectivity index (χ3v) is 4.84. The topological polar surface area (TPSA) is 49.0 Å². The molecule has 1 amide bonds. The van der Waals surface area contributed by atoms with E-state index in [2.05, 4.69) is 42.2 Å². The van der Waals surface area contributed by atoms with E-state index < -0.39 is 0 Å². The van der Waals surface area contributed by atoms with Crippen LogP contribution >= 0.6 is 0 Å². The van der Waals surface area contributed by atoms with Crippen LogP contribution in [0.15, 0.2) is 42.6 Å². The Hall–Kier alpha value is -2.62. The minimum absolute atomic E-state index is 0.0445. The molecule has 2 aromatic carbocycles. The average Bonchev–Trinajstić information content (AvgIpc) is 3.08. The third kappa shape index (κ3) is 2.39. The number of rotatable bonds is 2. The number of aryl methyl sites for hydroxylation is 1. The van der Waals surface area contributed by atoms with Crippen molar-refractivity contribution in [3.63, 3.8) is 0 Å². The first-order valence-electron chi connectivity index (χ1n) is 8.52. The fraction of sp³-hybridized carbons (Fsp3) is 0.300. The molecule has 4 heteroatoms. The van der Waals surface area contributed by atoms with Crippen molar-refractivity contribution in [2.24, 2.45) is 0 Å². The number of hydrogen-bond donors (Lipinski definition) is 1. The molecule has 4 rings (SSSR count). The minimum atomic E-state index is 0.0445. The highest BCUT2D eigenvalue weighted by molar-refractivity contribution is 6.13. The number of anilines is 1. The summed E-state index contributed by atoms with van der Waals surface area (Å²) in [4.78, 5) is 15.1. The zero-order valence-electron chi connectivity index (χ0n) is 14.0. The summed E-state index contributed by atoms with van der Waals surface area (Å²) in [5.74, 6) is 0.545. The van der Waals surface area contributed by atoms with Crippen LogP contribution in [-0.4, -0.2) is 22.6 Å². The zero-order chi connectivity index (χ0) is 16.7. The van der Waals surface area contributed by atoms with Gasteiger partial charge in [-0.3, -0.25) is 9.89 Å². The summed E-state index contributed by atoms with van der Waals surface area (Å²) in [5, 5.41) is 7.99. The summed E-state index contributed by atoms with van der Waals surface area (Å²) in [7, 11) is 0. The Labute approximate surface area is 141 Å². The maximum absolute atomic E-state index is 13.2. The number of H-pyrrole nitrogens is 1. The number of aromatic nitrogens is 2. The van der Waals surface area contributed by atoms with E-state index in [4.69, 9.17) is 0 Å². The lowest BCUT2D eigenvalue weighted by Crippen LogP contribution is -2.35. The van der Waals surface area contributed by atoms with E-state index in [-0.39, 0.29) is 5.91 Å². The summed E-state index contributed by atoms with van der Waals surface area (Å²) in [5.41, 5.74) is 5.16. The number of nitrogens with one attached hydrogen (secondary N) is 1. The van der Waals surface area contributed by atoms with Crippen molar-refractivity contribution in [2.75, 3.05) is 11.4 Å². The van der Waals surface area contributed by atoms with Gasteiger partial charge in [-0.15, -0.1) is 0 Å². The van der Waals surface area contributed by atoms with E-state index in [1.54, 1.807) is 6.20 Å². The summed E-state index contributed by atoms with van der Waals surface area (Å²) in [6, 6.07) is 12.3. The predicted molar refractivity (Wildman–Crippen MR) is 96.6 cm³/mol. The Morgan fingerprint density at radius 2 is 2.12 bits per heavy atom. The maximum atomic E-state index is 13.2. The van der Waals surface area contributed by atoms with E-state index in [9.17, 15) is 4.79 Å². The smallest absolute Gasteiger partial charge is 0.260 e. The van der Waals surface area contributed by atoms with Crippen LogP contribution in [0.4, 0.5) is 5.69 Å². The second-order valence-electron chi connectivity index (χ2n) is 6.74. The molecule has 0 saturated carbocycles. The molecule has 122 valence electrons. The van der Waals surface area contributed by atoms with Crippen LogP contribution < -0.4 is 4.90 Å². The third-order valence-electron chi connectivity index (χ3n) is 4.84. The number of nitrogens with zero attached hydrogens (tertiary/aromatic N) is 2. The molecule has 0 spiro atoms. The van der Waals surface area contributed by atoms with Crippen LogP contribution in [0, 0.1) is 0 Å². The Morgan fingerprint density at radius 3 is 2.96 bits per heavy atom. The average molecular weight is 319 g/mol. The fourth-order valence-electron chi connectivity index (χ4n) is 3.48. The summed E-state index contributed by atoms with van der Waals surface area (Å²) in [6.45, 7) is 5.16. The second kappa shape index (κ2) is 5.78. The molecule has 0 bridgehead atoms. The minimum Gasteiger partial charge on any atom is -0.308 e. The van der Waals surface area contributed by atoms with Gasteiger partial charge < -0.3 is 4.90 Å². The van der Waals surface area contributed by atoms with Crippen LogP contribution in [0.1, 0.15) is 47.7 Å². The number of fused-ring (bicyclic) bond motifs is 2. The van der Waals surface area contributed by atoms with Crippen LogP contribution in [0.5, 0.6) is 0 Å². The first-order valence-corrected chi connectivity index (χ1v) is 8.52. The van der Waals surface area contributed by atoms with Gasteiger partial charge in [0.05, 0.1) is 17.3 Å². The maximum Gasteiger partial charge on any atom is 0.260 e. The van der Waals surface area contributed by atoms with Crippen LogP contribution in [0.2, 0.25) is 0 Å². The van der Waals surface area contributed by atoms with E-state index in [0.717, 1.165) is 36.0 Å².